The minimum atomic E-state index is -0.713. The lowest BCUT2D eigenvalue weighted by atomic mass is 9.95. The minimum Gasteiger partial charge on any atom is -0.489 e. The van der Waals surface area contributed by atoms with Crippen molar-refractivity contribution in [1.82, 2.24) is 0 Å². The first-order valence-electron chi connectivity index (χ1n) is 6.04. The van der Waals surface area contributed by atoms with Gasteiger partial charge in [-0.15, -0.1) is 6.58 Å². The van der Waals surface area contributed by atoms with Gasteiger partial charge in [0.15, 0.2) is 5.70 Å². The highest BCUT2D eigenvalue weighted by Crippen LogP contribution is 2.33. The molecule has 1 heterocycles. The van der Waals surface area contributed by atoms with E-state index in [0.29, 0.717) is 17.9 Å². The van der Waals surface area contributed by atoms with Gasteiger partial charge in [0.25, 0.3) is 5.70 Å². The summed E-state index contributed by atoms with van der Waals surface area (Å²) in [6.07, 6.45) is 3.66. The van der Waals surface area contributed by atoms with Gasteiger partial charge in [-0.25, -0.2) is 4.99 Å². The first-order valence-corrected chi connectivity index (χ1v) is 6.04. The van der Waals surface area contributed by atoms with Gasteiger partial charge < -0.3 is 9.47 Å². The number of rotatable bonds is 4. The highest BCUT2D eigenvalue weighted by molar-refractivity contribution is 5.89. The van der Waals surface area contributed by atoms with Crippen LogP contribution >= 0.6 is 0 Å². The molecule has 0 radical (unpaired) electrons. The summed E-state index contributed by atoms with van der Waals surface area (Å²) in [6.45, 7) is 3.85. The molecule has 1 aliphatic carbocycles. The Kier molecular flexibility index (Phi) is 3.97. The van der Waals surface area contributed by atoms with Crippen LogP contribution in [0.1, 0.15) is 12.8 Å². The molecule has 2 aliphatic rings. The second-order valence-corrected chi connectivity index (χ2v) is 4.37. The van der Waals surface area contributed by atoms with Gasteiger partial charge in [0.1, 0.15) is 12.4 Å². The van der Waals surface area contributed by atoms with E-state index in [1.165, 1.54) is 13.2 Å². The maximum atomic E-state index is 11.6. The first-order chi connectivity index (χ1) is 9.56. The average Bonchev–Trinajstić information content (AvgIpc) is 2.45. The molecule has 7 heteroatoms. The van der Waals surface area contributed by atoms with Crippen molar-refractivity contribution in [2.75, 3.05) is 13.7 Å². The molecule has 2 rings (SSSR count). The molecule has 0 fully saturated rings. The molecule has 0 saturated carbocycles. The lowest BCUT2D eigenvalue weighted by molar-refractivity contribution is -0.422. The molecule has 0 aromatic carbocycles. The summed E-state index contributed by atoms with van der Waals surface area (Å²) in [7, 11) is 1.24. The standard InChI is InChI=1S/C13H14N2O5/c1-3-4-9-7-20-11-6-8(13(16)19-2)5-10(15(17)18)12(11)14-9/h3,5,8H,1,4,6-7H2,2H3. The molecule has 0 spiro atoms. The number of nitrogens with zero attached hydrogens (tertiary/aromatic N) is 2. The van der Waals surface area contributed by atoms with Gasteiger partial charge in [-0.1, -0.05) is 6.08 Å². The predicted molar refractivity (Wildman–Crippen MR) is 70.4 cm³/mol. The Hall–Kier alpha value is -2.44. The van der Waals surface area contributed by atoms with Crippen LogP contribution in [0, 0.1) is 16.0 Å². The normalized spacial score (nSPS) is 21.1. The second-order valence-electron chi connectivity index (χ2n) is 4.37. The van der Waals surface area contributed by atoms with Crippen molar-refractivity contribution < 1.29 is 19.2 Å². The first kappa shape index (κ1) is 14.0. The quantitative estimate of drug-likeness (QED) is 0.337. The van der Waals surface area contributed by atoms with E-state index in [9.17, 15) is 14.9 Å². The highest BCUT2D eigenvalue weighted by atomic mass is 16.6. The zero-order valence-electron chi connectivity index (χ0n) is 11.0. The van der Waals surface area contributed by atoms with Crippen LogP contribution in [0.25, 0.3) is 0 Å². The average molecular weight is 278 g/mol. The second kappa shape index (κ2) is 5.68. The topological polar surface area (TPSA) is 91.0 Å². The Morgan fingerprint density at radius 3 is 3.10 bits per heavy atom. The molecule has 0 amide bonds. The van der Waals surface area contributed by atoms with Crippen LogP contribution in [-0.2, 0) is 14.3 Å². The van der Waals surface area contributed by atoms with Crippen LogP contribution in [0.15, 0.2) is 40.9 Å². The van der Waals surface area contributed by atoms with Crippen LogP contribution in [0.3, 0.4) is 0 Å². The van der Waals surface area contributed by atoms with Crippen molar-refractivity contribution in [1.29, 1.82) is 0 Å². The van der Waals surface area contributed by atoms with Crippen molar-refractivity contribution in [2.24, 2.45) is 10.9 Å². The summed E-state index contributed by atoms with van der Waals surface area (Å²) in [5, 5.41) is 11.1. The molecular weight excluding hydrogens is 264 g/mol. The van der Waals surface area contributed by atoms with Crippen LogP contribution < -0.4 is 0 Å². The van der Waals surface area contributed by atoms with E-state index in [0.717, 1.165) is 0 Å². The van der Waals surface area contributed by atoms with Crippen molar-refractivity contribution in [3.8, 4) is 0 Å². The van der Waals surface area contributed by atoms with E-state index in [-0.39, 0.29) is 24.4 Å². The van der Waals surface area contributed by atoms with Crippen molar-refractivity contribution in [2.45, 2.75) is 12.8 Å². The molecule has 0 aromatic rings. The van der Waals surface area contributed by atoms with Gasteiger partial charge in [0, 0.05) is 18.9 Å². The van der Waals surface area contributed by atoms with Gasteiger partial charge in [0.2, 0.25) is 0 Å². The number of methoxy groups -OCH3 is 1. The smallest absolute Gasteiger partial charge is 0.313 e. The molecule has 20 heavy (non-hydrogen) atoms. The van der Waals surface area contributed by atoms with Crippen molar-refractivity contribution >= 4 is 11.7 Å². The number of carbonyl (C=O) groups excluding carboxylic acids is 1. The Morgan fingerprint density at radius 2 is 2.50 bits per heavy atom. The van der Waals surface area contributed by atoms with Gasteiger partial charge in [-0.05, 0) is 0 Å². The summed E-state index contributed by atoms with van der Waals surface area (Å²) in [6, 6.07) is 0. The fourth-order valence-corrected chi connectivity index (χ4v) is 2.10. The van der Waals surface area contributed by atoms with Gasteiger partial charge in [0.05, 0.1) is 23.7 Å². The van der Waals surface area contributed by atoms with E-state index < -0.39 is 16.8 Å². The zero-order valence-corrected chi connectivity index (χ0v) is 11.0. The third-order valence-corrected chi connectivity index (χ3v) is 3.03. The third kappa shape index (κ3) is 2.61. The van der Waals surface area contributed by atoms with Crippen LogP contribution in [0.5, 0.6) is 0 Å². The van der Waals surface area contributed by atoms with E-state index >= 15 is 0 Å². The lowest BCUT2D eigenvalue weighted by Crippen LogP contribution is -2.26. The van der Waals surface area contributed by atoms with Crippen LogP contribution in [-0.4, -0.2) is 30.3 Å². The highest BCUT2D eigenvalue weighted by Gasteiger charge is 2.36. The number of nitro groups is 1. The number of carbonyl (C=O) groups is 1. The van der Waals surface area contributed by atoms with E-state index in [1.54, 1.807) is 6.08 Å². The number of ether oxygens (including phenoxy) is 2. The summed E-state index contributed by atoms with van der Waals surface area (Å²) < 4.78 is 10.1. The number of allylic oxidation sites excluding steroid dienone is 2. The zero-order chi connectivity index (χ0) is 14.7. The molecule has 1 unspecified atom stereocenters. The number of hydrogen-bond acceptors (Lipinski definition) is 6. The fourth-order valence-electron chi connectivity index (χ4n) is 2.10. The fraction of sp³-hybridized carbons (Fsp3) is 0.385. The van der Waals surface area contributed by atoms with Crippen LogP contribution in [0.2, 0.25) is 0 Å². The SMILES string of the molecule is C=CCC1=NC2=C(CC(C(=O)OC)C=C2[N+](=O)[O-])OC1. The monoisotopic (exact) mass is 278 g/mol. The molecule has 0 bridgehead atoms. The molecule has 0 N–H and O–H groups in total. The van der Waals surface area contributed by atoms with Gasteiger partial charge >= 0.3 is 5.97 Å². The van der Waals surface area contributed by atoms with Crippen molar-refractivity contribution in [3.05, 3.63) is 46.0 Å². The summed E-state index contributed by atoms with van der Waals surface area (Å²) >= 11 is 0. The Bertz CT molecular complexity index is 559. The lowest BCUT2D eigenvalue weighted by Gasteiger charge is -2.24. The Morgan fingerprint density at radius 1 is 1.75 bits per heavy atom. The molecule has 106 valence electrons. The Balaban J connectivity index is 2.38. The molecule has 1 aliphatic heterocycles. The van der Waals surface area contributed by atoms with Gasteiger partial charge in [-0.3, -0.25) is 14.9 Å². The Labute approximate surface area is 115 Å². The summed E-state index contributed by atoms with van der Waals surface area (Å²) in [5.41, 5.74) is 0.643. The number of esters is 1. The van der Waals surface area contributed by atoms with Crippen LogP contribution in [0.4, 0.5) is 0 Å². The number of aliphatic imine (C=N–C) groups is 1. The summed E-state index contributed by atoms with van der Waals surface area (Å²) in [5.74, 6) is -0.877. The minimum absolute atomic E-state index is 0.193. The van der Waals surface area contributed by atoms with E-state index in [4.69, 9.17) is 4.74 Å². The number of hydrogen-bond donors (Lipinski definition) is 0. The maximum absolute atomic E-state index is 11.6. The van der Waals surface area contributed by atoms with Gasteiger partial charge in [-0.2, -0.15) is 0 Å². The van der Waals surface area contributed by atoms with E-state index in [1.807, 2.05) is 0 Å². The predicted octanol–water partition coefficient (Wildman–Crippen LogP) is 1.60. The molecule has 1 atom stereocenters. The largest absolute Gasteiger partial charge is 0.489 e. The maximum Gasteiger partial charge on any atom is 0.313 e. The summed E-state index contributed by atoms with van der Waals surface area (Å²) in [4.78, 5) is 26.4. The molecule has 0 aromatic heterocycles. The molecular formula is C13H14N2O5. The molecule has 0 saturated heterocycles. The molecule has 7 nitrogen and oxygen atoms in total. The van der Waals surface area contributed by atoms with Crippen molar-refractivity contribution in [3.63, 3.8) is 0 Å². The third-order valence-electron chi connectivity index (χ3n) is 3.03. The van der Waals surface area contributed by atoms with E-state index in [2.05, 4.69) is 16.3 Å².